The number of carbonyl (C=O) groups is 1. The number of allylic oxidation sites excluding steroid dienone is 1. The molecule has 0 fully saturated rings. The summed E-state index contributed by atoms with van der Waals surface area (Å²) >= 11 is 6.62. The molecular weight excluding hydrogens is 352 g/mol. The van der Waals surface area contributed by atoms with Gasteiger partial charge >= 0.3 is 5.97 Å². The number of benzene rings is 2. The molecule has 0 amide bonds. The van der Waals surface area contributed by atoms with Crippen molar-refractivity contribution in [2.75, 3.05) is 20.8 Å². The van der Waals surface area contributed by atoms with E-state index in [0.29, 0.717) is 18.1 Å². The van der Waals surface area contributed by atoms with Gasteiger partial charge in [-0.05, 0) is 48.7 Å². The third-order valence-electron chi connectivity index (χ3n) is 3.88. The Morgan fingerprint density at radius 1 is 0.846 bits per heavy atom. The standard InChI is InChI=1S/C21H23ClO4/c1-4-26-20(23)14-13-19(22)21(15-5-9-17(24-2)10-6-15)16-7-11-18(25-3)12-8-16/h5-12H,4,13-14H2,1-3H3. The lowest BCUT2D eigenvalue weighted by molar-refractivity contribution is -0.143. The van der Waals surface area contributed by atoms with Crippen LogP contribution in [0.1, 0.15) is 30.9 Å². The molecule has 0 aromatic heterocycles. The summed E-state index contributed by atoms with van der Waals surface area (Å²) in [6.45, 7) is 2.15. The molecule has 5 heteroatoms. The molecule has 0 unspecified atom stereocenters. The summed E-state index contributed by atoms with van der Waals surface area (Å²) in [5.41, 5.74) is 2.77. The first-order chi connectivity index (χ1) is 12.6. The first-order valence-electron chi connectivity index (χ1n) is 8.42. The van der Waals surface area contributed by atoms with E-state index in [-0.39, 0.29) is 12.4 Å². The molecule has 4 nitrogen and oxygen atoms in total. The Morgan fingerprint density at radius 3 is 1.69 bits per heavy atom. The average molecular weight is 375 g/mol. The first-order valence-corrected chi connectivity index (χ1v) is 8.80. The maximum absolute atomic E-state index is 11.7. The van der Waals surface area contributed by atoms with Crippen molar-refractivity contribution in [2.24, 2.45) is 0 Å². The van der Waals surface area contributed by atoms with Crippen molar-refractivity contribution in [3.63, 3.8) is 0 Å². The molecule has 0 aliphatic carbocycles. The van der Waals surface area contributed by atoms with Crippen molar-refractivity contribution >= 4 is 23.1 Å². The lowest BCUT2D eigenvalue weighted by atomic mass is 9.96. The second-order valence-corrected chi connectivity index (χ2v) is 6.00. The van der Waals surface area contributed by atoms with Crippen molar-refractivity contribution in [1.29, 1.82) is 0 Å². The normalized spacial score (nSPS) is 10.2. The third-order valence-corrected chi connectivity index (χ3v) is 4.26. The number of carbonyl (C=O) groups excluding carboxylic acids is 1. The molecule has 0 saturated heterocycles. The molecule has 0 bridgehead atoms. The minimum absolute atomic E-state index is 0.239. The Hall–Kier alpha value is -2.46. The lowest BCUT2D eigenvalue weighted by Crippen LogP contribution is -2.04. The smallest absolute Gasteiger partial charge is 0.306 e. The summed E-state index contributed by atoms with van der Waals surface area (Å²) in [6.07, 6.45) is 0.649. The van der Waals surface area contributed by atoms with Gasteiger partial charge in [0.1, 0.15) is 11.5 Å². The average Bonchev–Trinajstić information content (AvgIpc) is 2.68. The van der Waals surface area contributed by atoms with Crippen molar-refractivity contribution in [1.82, 2.24) is 0 Å². The molecule has 26 heavy (non-hydrogen) atoms. The zero-order chi connectivity index (χ0) is 18.9. The number of ether oxygens (including phenoxy) is 3. The van der Waals surface area contributed by atoms with Gasteiger partial charge in [-0.1, -0.05) is 35.9 Å². The van der Waals surface area contributed by atoms with E-state index in [1.54, 1.807) is 21.1 Å². The Kier molecular flexibility index (Phi) is 7.54. The summed E-state index contributed by atoms with van der Waals surface area (Å²) in [5.74, 6) is 1.28. The molecule has 2 rings (SSSR count). The molecule has 0 spiro atoms. The summed E-state index contributed by atoms with van der Waals surface area (Å²) in [6, 6.07) is 15.3. The Labute approximate surface area is 159 Å². The summed E-state index contributed by atoms with van der Waals surface area (Å²) in [4.78, 5) is 11.7. The van der Waals surface area contributed by atoms with Gasteiger partial charge in [0.15, 0.2) is 0 Å². The van der Waals surface area contributed by atoms with Crippen molar-refractivity contribution < 1.29 is 19.0 Å². The highest BCUT2D eigenvalue weighted by atomic mass is 35.5. The van der Waals surface area contributed by atoms with Crippen LogP contribution in [0.25, 0.3) is 5.57 Å². The third kappa shape index (κ3) is 5.27. The van der Waals surface area contributed by atoms with Crippen LogP contribution in [0.15, 0.2) is 53.6 Å². The minimum atomic E-state index is -0.255. The minimum Gasteiger partial charge on any atom is -0.497 e. The van der Waals surface area contributed by atoms with Crippen LogP contribution in [-0.4, -0.2) is 26.8 Å². The fraction of sp³-hybridized carbons (Fsp3) is 0.286. The van der Waals surface area contributed by atoms with Gasteiger partial charge in [0, 0.05) is 10.6 Å². The highest BCUT2D eigenvalue weighted by Crippen LogP contribution is 2.33. The molecule has 0 aliphatic rings. The fourth-order valence-electron chi connectivity index (χ4n) is 2.57. The van der Waals surface area contributed by atoms with Crippen LogP contribution in [0.5, 0.6) is 11.5 Å². The number of halogens is 1. The largest absolute Gasteiger partial charge is 0.497 e. The van der Waals surface area contributed by atoms with E-state index in [4.69, 9.17) is 25.8 Å². The second kappa shape index (κ2) is 9.88. The molecule has 0 saturated carbocycles. The Bertz CT molecular complexity index is 699. The molecule has 0 heterocycles. The molecule has 0 N–H and O–H groups in total. The fourth-order valence-corrected chi connectivity index (χ4v) is 2.88. The van der Waals surface area contributed by atoms with Gasteiger partial charge in [-0.3, -0.25) is 4.79 Å². The quantitative estimate of drug-likeness (QED) is 0.607. The monoisotopic (exact) mass is 374 g/mol. The van der Waals surface area contributed by atoms with Crippen molar-refractivity contribution in [3.05, 3.63) is 64.7 Å². The Morgan fingerprint density at radius 2 is 1.31 bits per heavy atom. The molecule has 0 aliphatic heterocycles. The highest BCUT2D eigenvalue weighted by Gasteiger charge is 2.13. The van der Waals surface area contributed by atoms with Crippen LogP contribution < -0.4 is 9.47 Å². The van der Waals surface area contributed by atoms with Crippen molar-refractivity contribution in [3.8, 4) is 11.5 Å². The number of methoxy groups -OCH3 is 2. The second-order valence-electron chi connectivity index (χ2n) is 5.54. The molecule has 0 atom stereocenters. The van der Waals surface area contributed by atoms with Gasteiger partial charge in [0.05, 0.1) is 27.2 Å². The Balaban J connectivity index is 2.38. The van der Waals surface area contributed by atoms with Crippen LogP contribution in [0, 0.1) is 0 Å². The highest BCUT2D eigenvalue weighted by molar-refractivity contribution is 6.33. The van der Waals surface area contributed by atoms with Crippen LogP contribution in [-0.2, 0) is 9.53 Å². The molecular formula is C21H23ClO4. The van der Waals surface area contributed by atoms with Crippen LogP contribution in [0.2, 0.25) is 0 Å². The van der Waals surface area contributed by atoms with E-state index in [2.05, 4.69) is 0 Å². The lowest BCUT2D eigenvalue weighted by Gasteiger charge is -2.13. The number of hydrogen-bond donors (Lipinski definition) is 0. The number of rotatable bonds is 8. The van der Waals surface area contributed by atoms with Gasteiger partial charge < -0.3 is 14.2 Å². The molecule has 2 aromatic rings. The van der Waals surface area contributed by atoms with Gasteiger partial charge in [-0.15, -0.1) is 0 Å². The molecule has 138 valence electrons. The summed E-state index contributed by atoms with van der Waals surface area (Å²) in [5, 5.41) is 0.605. The van der Waals surface area contributed by atoms with E-state index in [1.165, 1.54) is 0 Å². The van der Waals surface area contributed by atoms with E-state index in [0.717, 1.165) is 28.2 Å². The maximum atomic E-state index is 11.7. The molecule has 0 radical (unpaired) electrons. The van der Waals surface area contributed by atoms with Crippen molar-refractivity contribution in [2.45, 2.75) is 19.8 Å². The van der Waals surface area contributed by atoms with E-state index in [9.17, 15) is 4.79 Å². The predicted molar refractivity (Wildman–Crippen MR) is 104 cm³/mol. The van der Waals surface area contributed by atoms with Gasteiger partial charge in [-0.25, -0.2) is 0 Å². The first kappa shape index (κ1) is 19.9. The SMILES string of the molecule is CCOC(=O)CCC(Cl)=C(c1ccc(OC)cc1)c1ccc(OC)cc1. The van der Waals surface area contributed by atoms with Crippen LogP contribution in [0.4, 0.5) is 0 Å². The number of esters is 1. The maximum Gasteiger partial charge on any atom is 0.306 e. The zero-order valence-electron chi connectivity index (χ0n) is 15.3. The van der Waals surface area contributed by atoms with E-state index < -0.39 is 0 Å². The van der Waals surface area contributed by atoms with Crippen LogP contribution in [0.3, 0.4) is 0 Å². The van der Waals surface area contributed by atoms with E-state index >= 15 is 0 Å². The van der Waals surface area contributed by atoms with Crippen LogP contribution >= 0.6 is 11.6 Å². The molecule has 2 aromatic carbocycles. The van der Waals surface area contributed by atoms with Gasteiger partial charge in [0.25, 0.3) is 0 Å². The van der Waals surface area contributed by atoms with Gasteiger partial charge in [0.2, 0.25) is 0 Å². The zero-order valence-corrected chi connectivity index (χ0v) is 16.0. The van der Waals surface area contributed by atoms with Gasteiger partial charge in [-0.2, -0.15) is 0 Å². The number of hydrogen-bond acceptors (Lipinski definition) is 4. The topological polar surface area (TPSA) is 44.8 Å². The predicted octanol–water partition coefficient (Wildman–Crippen LogP) is 5.05. The van der Waals surface area contributed by atoms with E-state index in [1.807, 2.05) is 48.5 Å². The summed E-state index contributed by atoms with van der Waals surface area (Å²) < 4.78 is 15.4. The summed E-state index contributed by atoms with van der Waals surface area (Å²) in [7, 11) is 3.25.